The fraction of sp³-hybridized carbons (Fsp3) is 0.550. The molecule has 3 heterocycles. The summed E-state index contributed by atoms with van der Waals surface area (Å²) in [5.74, 6) is 2.29. The number of H-pyrrole nitrogens is 1. The molecule has 28 heavy (non-hydrogen) atoms. The zero-order valence-corrected chi connectivity index (χ0v) is 16.3. The molecule has 4 rings (SSSR count). The predicted octanol–water partition coefficient (Wildman–Crippen LogP) is 3.43. The summed E-state index contributed by atoms with van der Waals surface area (Å²) in [6.45, 7) is 5.40. The van der Waals surface area contributed by atoms with Crippen molar-refractivity contribution >= 4 is 17.7 Å². The number of alkyl carbamates (subject to hydrolysis) is 1. The standard InChI is InChI=1S/C20H27N5O3/c1-12(2)22-20(26)28-16-5-3-13(7-16)17-8-19(25-24-17)23-18-6-4-14(9-21-18)15-10-27-11-15/h4,6,8-9,12-13,15-16H,3,5,7,10-11H2,1-2H3,(H,22,26)(H2,21,23,24,25)/t13-,16+/m1/s1. The molecule has 2 aromatic heterocycles. The first-order valence-electron chi connectivity index (χ1n) is 9.90. The summed E-state index contributed by atoms with van der Waals surface area (Å²) in [5, 5.41) is 13.5. The van der Waals surface area contributed by atoms with Crippen LogP contribution in [0.15, 0.2) is 24.4 Å². The number of carbonyl (C=O) groups is 1. The van der Waals surface area contributed by atoms with Crippen molar-refractivity contribution in [2.24, 2.45) is 0 Å². The highest BCUT2D eigenvalue weighted by molar-refractivity contribution is 5.67. The van der Waals surface area contributed by atoms with Gasteiger partial charge in [0.2, 0.25) is 0 Å². The first kappa shape index (κ1) is 18.7. The lowest BCUT2D eigenvalue weighted by Gasteiger charge is -2.25. The zero-order chi connectivity index (χ0) is 19.5. The maximum atomic E-state index is 11.8. The molecule has 2 aromatic rings. The van der Waals surface area contributed by atoms with Gasteiger partial charge in [-0.15, -0.1) is 0 Å². The molecular formula is C20H27N5O3. The second kappa shape index (κ2) is 8.18. The summed E-state index contributed by atoms with van der Waals surface area (Å²) in [4.78, 5) is 16.2. The Morgan fingerprint density at radius 1 is 1.25 bits per heavy atom. The monoisotopic (exact) mass is 385 g/mol. The molecule has 1 aliphatic carbocycles. The average molecular weight is 385 g/mol. The van der Waals surface area contributed by atoms with Gasteiger partial charge in [-0.1, -0.05) is 6.07 Å². The zero-order valence-electron chi connectivity index (χ0n) is 16.3. The van der Waals surface area contributed by atoms with Gasteiger partial charge in [0.15, 0.2) is 5.82 Å². The molecule has 0 unspecified atom stereocenters. The smallest absolute Gasteiger partial charge is 0.407 e. The fourth-order valence-electron chi connectivity index (χ4n) is 3.64. The van der Waals surface area contributed by atoms with E-state index in [-0.39, 0.29) is 18.2 Å². The van der Waals surface area contributed by atoms with Crippen molar-refractivity contribution in [2.45, 2.75) is 57.1 Å². The third-order valence-electron chi connectivity index (χ3n) is 5.25. The SMILES string of the molecule is CC(C)NC(=O)O[C@H]1CC[C@@H](c2cc(Nc3ccc(C4COC4)cn3)n[nH]2)C1. The number of hydrogen-bond donors (Lipinski definition) is 3. The summed E-state index contributed by atoms with van der Waals surface area (Å²) in [6.07, 6.45) is 4.15. The minimum absolute atomic E-state index is 0.0480. The fourth-order valence-corrected chi connectivity index (χ4v) is 3.64. The van der Waals surface area contributed by atoms with Crippen molar-refractivity contribution in [3.05, 3.63) is 35.7 Å². The molecule has 0 spiro atoms. The summed E-state index contributed by atoms with van der Waals surface area (Å²) >= 11 is 0. The third kappa shape index (κ3) is 4.44. The summed E-state index contributed by atoms with van der Waals surface area (Å²) < 4.78 is 10.7. The first-order chi connectivity index (χ1) is 13.6. The van der Waals surface area contributed by atoms with Crippen molar-refractivity contribution < 1.29 is 14.3 Å². The van der Waals surface area contributed by atoms with E-state index in [9.17, 15) is 4.79 Å². The normalized spacial score (nSPS) is 22.1. The van der Waals surface area contributed by atoms with Gasteiger partial charge in [-0.05, 0) is 44.7 Å². The third-order valence-corrected chi connectivity index (χ3v) is 5.25. The van der Waals surface area contributed by atoms with Crippen LogP contribution >= 0.6 is 0 Å². The molecule has 1 saturated heterocycles. The Morgan fingerprint density at radius 2 is 2.11 bits per heavy atom. The van der Waals surface area contributed by atoms with Gasteiger partial charge >= 0.3 is 6.09 Å². The van der Waals surface area contributed by atoms with Crippen LogP contribution in [0.25, 0.3) is 0 Å². The molecule has 0 radical (unpaired) electrons. The van der Waals surface area contributed by atoms with Gasteiger partial charge in [-0.2, -0.15) is 5.10 Å². The minimum atomic E-state index is -0.337. The van der Waals surface area contributed by atoms with E-state index in [1.165, 1.54) is 5.56 Å². The number of nitrogens with zero attached hydrogens (tertiary/aromatic N) is 2. The van der Waals surface area contributed by atoms with Crippen molar-refractivity contribution in [1.29, 1.82) is 0 Å². The number of aromatic amines is 1. The van der Waals surface area contributed by atoms with E-state index in [2.05, 4.69) is 31.9 Å². The van der Waals surface area contributed by atoms with Gasteiger partial charge in [0.25, 0.3) is 0 Å². The van der Waals surface area contributed by atoms with Gasteiger partial charge < -0.3 is 20.1 Å². The van der Waals surface area contributed by atoms with Crippen LogP contribution in [0.4, 0.5) is 16.4 Å². The van der Waals surface area contributed by atoms with Crippen molar-refractivity contribution in [3.63, 3.8) is 0 Å². The molecule has 0 bridgehead atoms. The van der Waals surface area contributed by atoms with E-state index in [0.717, 1.165) is 49.8 Å². The molecule has 0 aromatic carbocycles. The highest BCUT2D eigenvalue weighted by Crippen LogP contribution is 2.36. The van der Waals surface area contributed by atoms with Crippen LogP contribution in [0.2, 0.25) is 0 Å². The molecule has 1 aliphatic heterocycles. The largest absolute Gasteiger partial charge is 0.446 e. The van der Waals surface area contributed by atoms with Crippen LogP contribution in [0.1, 0.15) is 56.2 Å². The number of amides is 1. The highest BCUT2D eigenvalue weighted by Gasteiger charge is 2.30. The molecule has 1 saturated carbocycles. The van der Waals surface area contributed by atoms with Crippen molar-refractivity contribution in [3.8, 4) is 0 Å². The molecule has 2 fully saturated rings. The molecular weight excluding hydrogens is 358 g/mol. The number of carbonyl (C=O) groups excluding carboxylic acids is 1. The van der Waals surface area contributed by atoms with Crippen molar-refractivity contribution in [2.75, 3.05) is 18.5 Å². The second-order valence-electron chi connectivity index (χ2n) is 7.88. The van der Waals surface area contributed by atoms with E-state index < -0.39 is 0 Å². The maximum absolute atomic E-state index is 11.8. The summed E-state index contributed by atoms with van der Waals surface area (Å²) in [5.41, 5.74) is 2.26. The van der Waals surface area contributed by atoms with E-state index in [4.69, 9.17) is 9.47 Å². The number of ether oxygens (including phenoxy) is 2. The lowest BCUT2D eigenvalue weighted by molar-refractivity contribution is 0.00830. The van der Waals surface area contributed by atoms with Gasteiger partial charge in [0, 0.05) is 35.8 Å². The number of hydrogen-bond acceptors (Lipinski definition) is 6. The predicted molar refractivity (Wildman–Crippen MR) is 105 cm³/mol. The minimum Gasteiger partial charge on any atom is -0.446 e. The Bertz CT molecular complexity index is 800. The van der Waals surface area contributed by atoms with Crippen LogP contribution in [-0.2, 0) is 9.47 Å². The summed E-state index contributed by atoms with van der Waals surface area (Å²) in [6, 6.07) is 6.14. The second-order valence-corrected chi connectivity index (χ2v) is 7.88. The number of aromatic nitrogens is 3. The molecule has 8 nitrogen and oxygen atoms in total. The van der Waals surface area contributed by atoms with E-state index in [1.54, 1.807) is 0 Å². The van der Waals surface area contributed by atoms with Crippen LogP contribution < -0.4 is 10.6 Å². The number of rotatable bonds is 6. The van der Waals surface area contributed by atoms with Crippen LogP contribution in [0.3, 0.4) is 0 Å². The van der Waals surface area contributed by atoms with Gasteiger partial charge in [-0.25, -0.2) is 9.78 Å². The lowest BCUT2D eigenvalue weighted by atomic mass is 10.00. The molecule has 2 aliphatic rings. The number of nitrogens with one attached hydrogen (secondary N) is 3. The lowest BCUT2D eigenvalue weighted by Crippen LogP contribution is -2.33. The first-order valence-corrected chi connectivity index (χ1v) is 9.90. The van der Waals surface area contributed by atoms with Crippen LogP contribution in [-0.4, -0.2) is 46.6 Å². The molecule has 2 atom stereocenters. The Balaban J connectivity index is 1.30. The number of pyridine rings is 1. The molecule has 3 N–H and O–H groups in total. The maximum Gasteiger partial charge on any atom is 0.407 e. The highest BCUT2D eigenvalue weighted by atomic mass is 16.6. The topological polar surface area (TPSA) is 101 Å². The van der Waals surface area contributed by atoms with Crippen LogP contribution in [0.5, 0.6) is 0 Å². The van der Waals surface area contributed by atoms with E-state index in [1.807, 2.05) is 32.2 Å². The van der Waals surface area contributed by atoms with E-state index in [0.29, 0.717) is 11.8 Å². The van der Waals surface area contributed by atoms with Crippen LogP contribution in [0, 0.1) is 0 Å². The Hall–Kier alpha value is -2.61. The van der Waals surface area contributed by atoms with Gasteiger partial charge in [0.05, 0.1) is 13.2 Å². The number of anilines is 2. The average Bonchev–Trinajstić information content (AvgIpc) is 3.23. The van der Waals surface area contributed by atoms with Gasteiger partial charge in [-0.3, -0.25) is 5.10 Å². The Labute approximate surface area is 164 Å². The molecule has 8 heteroatoms. The Kier molecular flexibility index (Phi) is 5.47. The molecule has 150 valence electrons. The van der Waals surface area contributed by atoms with Crippen molar-refractivity contribution in [1.82, 2.24) is 20.5 Å². The summed E-state index contributed by atoms with van der Waals surface area (Å²) in [7, 11) is 0. The quantitative estimate of drug-likeness (QED) is 0.704. The molecule has 1 amide bonds. The van der Waals surface area contributed by atoms with E-state index >= 15 is 0 Å². The Morgan fingerprint density at radius 3 is 2.79 bits per heavy atom. The van der Waals surface area contributed by atoms with Gasteiger partial charge in [0.1, 0.15) is 11.9 Å².